The normalized spacial score (nSPS) is 18.5. The van der Waals surface area contributed by atoms with Gasteiger partial charge in [-0.2, -0.15) is 11.8 Å². The lowest BCUT2D eigenvalue weighted by molar-refractivity contribution is 0.198. The molecular formula is C14H19FOS. The van der Waals surface area contributed by atoms with Crippen LogP contribution in [0.15, 0.2) is 18.2 Å². The van der Waals surface area contributed by atoms with Gasteiger partial charge in [0.25, 0.3) is 0 Å². The van der Waals surface area contributed by atoms with Gasteiger partial charge in [0.15, 0.2) is 0 Å². The number of aryl methyl sites for hydroxylation is 1. The Labute approximate surface area is 106 Å². The van der Waals surface area contributed by atoms with Gasteiger partial charge in [-0.05, 0) is 25.8 Å². The zero-order chi connectivity index (χ0) is 12.3. The number of aliphatic hydroxyl groups excluding tert-OH is 1. The molecule has 1 aromatic rings. The number of rotatable bonds is 4. The van der Waals surface area contributed by atoms with Gasteiger partial charge < -0.3 is 5.11 Å². The zero-order valence-corrected chi connectivity index (χ0v) is 11.0. The maximum absolute atomic E-state index is 13.6. The first-order valence-electron chi connectivity index (χ1n) is 6.22. The summed E-state index contributed by atoms with van der Waals surface area (Å²) in [5, 5.41) is 10.7. The lowest BCUT2D eigenvalue weighted by Gasteiger charge is -2.15. The van der Waals surface area contributed by atoms with Gasteiger partial charge in [-0.3, -0.25) is 0 Å². The summed E-state index contributed by atoms with van der Waals surface area (Å²) in [5.41, 5.74) is 1.43. The van der Waals surface area contributed by atoms with Gasteiger partial charge in [0, 0.05) is 16.6 Å². The van der Waals surface area contributed by atoms with E-state index in [1.165, 1.54) is 31.7 Å². The Morgan fingerprint density at radius 2 is 2.12 bits per heavy atom. The first-order chi connectivity index (χ1) is 8.16. The molecule has 0 aliphatic heterocycles. The third-order valence-corrected chi connectivity index (χ3v) is 4.75. The van der Waals surface area contributed by atoms with Crippen molar-refractivity contribution in [3.8, 4) is 0 Å². The minimum Gasteiger partial charge on any atom is -0.387 e. The molecule has 1 nitrogen and oxygen atoms in total. The van der Waals surface area contributed by atoms with Crippen molar-refractivity contribution in [1.29, 1.82) is 0 Å². The summed E-state index contributed by atoms with van der Waals surface area (Å²) in [7, 11) is 0. The Hall–Kier alpha value is -0.540. The molecular weight excluding hydrogens is 235 g/mol. The van der Waals surface area contributed by atoms with E-state index in [2.05, 4.69) is 0 Å². The predicted octanol–water partition coefficient (Wildman–Crippen LogP) is 3.84. The van der Waals surface area contributed by atoms with E-state index in [0.29, 0.717) is 16.6 Å². The lowest BCUT2D eigenvalue weighted by atomic mass is 10.1. The fourth-order valence-corrected chi connectivity index (χ4v) is 3.59. The molecule has 1 aromatic carbocycles. The number of benzene rings is 1. The van der Waals surface area contributed by atoms with Gasteiger partial charge in [-0.1, -0.05) is 30.5 Å². The number of thioether (sulfide) groups is 1. The third-order valence-electron chi connectivity index (χ3n) is 3.30. The van der Waals surface area contributed by atoms with E-state index in [1.807, 2.05) is 6.92 Å². The quantitative estimate of drug-likeness (QED) is 0.881. The van der Waals surface area contributed by atoms with E-state index < -0.39 is 6.10 Å². The number of hydrogen-bond donors (Lipinski definition) is 1. The van der Waals surface area contributed by atoms with Gasteiger partial charge in [0.05, 0.1) is 6.10 Å². The highest BCUT2D eigenvalue weighted by molar-refractivity contribution is 7.99. The van der Waals surface area contributed by atoms with E-state index in [1.54, 1.807) is 23.9 Å². The van der Waals surface area contributed by atoms with Gasteiger partial charge in [-0.25, -0.2) is 4.39 Å². The fraction of sp³-hybridized carbons (Fsp3) is 0.571. The summed E-state index contributed by atoms with van der Waals surface area (Å²) in [6.07, 6.45) is 4.40. The van der Waals surface area contributed by atoms with Crippen LogP contribution in [0.5, 0.6) is 0 Å². The van der Waals surface area contributed by atoms with Crippen LogP contribution in [-0.2, 0) is 0 Å². The molecule has 0 radical (unpaired) electrons. The van der Waals surface area contributed by atoms with E-state index in [4.69, 9.17) is 0 Å². The Kier molecular flexibility index (Phi) is 4.46. The van der Waals surface area contributed by atoms with Crippen LogP contribution in [0, 0.1) is 12.7 Å². The molecule has 0 heterocycles. The minimum atomic E-state index is -0.680. The molecule has 2 rings (SSSR count). The molecule has 1 aliphatic carbocycles. The van der Waals surface area contributed by atoms with Crippen LogP contribution in [0.25, 0.3) is 0 Å². The maximum Gasteiger partial charge on any atom is 0.129 e. The standard InChI is InChI=1S/C14H19FOS/c1-10-6-7-13(15)12(8-10)14(16)9-17-11-4-2-3-5-11/h6-8,11,14,16H,2-5,9H2,1H3. The Morgan fingerprint density at radius 1 is 1.41 bits per heavy atom. The van der Waals surface area contributed by atoms with Crippen molar-refractivity contribution in [2.75, 3.05) is 5.75 Å². The molecule has 0 amide bonds. The van der Waals surface area contributed by atoms with E-state index in [0.717, 1.165) is 5.56 Å². The van der Waals surface area contributed by atoms with Crippen molar-refractivity contribution in [2.45, 2.75) is 44.0 Å². The summed E-state index contributed by atoms with van der Waals surface area (Å²) in [6, 6.07) is 4.92. The Bertz CT molecular complexity index is 374. The summed E-state index contributed by atoms with van der Waals surface area (Å²) < 4.78 is 13.6. The minimum absolute atomic E-state index is 0.296. The van der Waals surface area contributed by atoms with Crippen molar-refractivity contribution in [3.63, 3.8) is 0 Å². The Balaban J connectivity index is 1.93. The zero-order valence-electron chi connectivity index (χ0n) is 10.2. The molecule has 0 spiro atoms. The topological polar surface area (TPSA) is 20.2 Å². The van der Waals surface area contributed by atoms with Crippen LogP contribution in [0.1, 0.15) is 42.9 Å². The monoisotopic (exact) mass is 254 g/mol. The molecule has 17 heavy (non-hydrogen) atoms. The number of halogens is 1. The van der Waals surface area contributed by atoms with E-state index in [9.17, 15) is 9.50 Å². The largest absolute Gasteiger partial charge is 0.387 e. The number of aliphatic hydroxyl groups is 1. The van der Waals surface area contributed by atoms with Crippen molar-refractivity contribution >= 4 is 11.8 Å². The average Bonchev–Trinajstić information content (AvgIpc) is 2.82. The molecule has 1 atom stereocenters. The second-order valence-corrected chi connectivity index (χ2v) is 6.11. The fourth-order valence-electron chi connectivity index (χ4n) is 2.29. The van der Waals surface area contributed by atoms with E-state index in [-0.39, 0.29) is 5.82 Å². The van der Waals surface area contributed by atoms with Crippen molar-refractivity contribution in [3.05, 3.63) is 35.1 Å². The molecule has 1 fully saturated rings. The van der Waals surface area contributed by atoms with Crippen LogP contribution >= 0.6 is 11.8 Å². The molecule has 1 N–H and O–H groups in total. The van der Waals surface area contributed by atoms with Gasteiger partial charge in [-0.15, -0.1) is 0 Å². The van der Waals surface area contributed by atoms with Crippen molar-refractivity contribution in [2.24, 2.45) is 0 Å². The molecule has 1 unspecified atom stereocenters. The van der Waals surface area contributed by atoms with Crippen LogP contribution in [0.4, 0.5) is 4.39 Å². The molecule has 0 saturated heterocycles. The van der Waals surface area contributed by atoms with Crippen molar-refractivity contribution in [1.82, 2.24) is 0 Å². The first kappa shape index (κ1) is 12.9. The van der Waals surface area contributed by atoms with E-state index >= 15 is 0 Å². The third kappa shape index (κ3) is 3.46. The average molecular weight is 254 g/mol. The molecule has 1 saturated carbocycles. The molecule has 0 aromatic heterocycles. The predicted molar refractivity (Wildman–Crippen MR) is 70.8 cm³/mol. The van der Waals surface area contributed by atoms with Crippen LogP contribution in [-0.4, -0.2) is 16.1 Å². The summed E-state index contributed by atoms with van der Waals surface area (Å²) in [5.74, 6) is 0.306. The maximum atomic E-state index is 13.6. The summed E-state index contributed by atoms with van der Waals surface area (Å²) in [4.78, 5) is 0. The van der Waals surface area contributed by atoms with Gasteiger partial charge in [0.1, 0.15) is 5.82 Å². The second kappa shape index (κ2) is 5.87. The van der Waals surface area contributed by atoms with Crippen molar-refractivity contribution < 1.29 is 9.50 Å². The summed E-state index contributed by atoms with van der Waals surface area (Å²) in [6.45, 7) is 1.92. The van der Waals surface area contributed by atoms with Crippen LogP contribution < -0.4 is 0 Å². The molecule has 3 heteroatoms. The highest BCUT2D eigenvalue weighted by Gasteiger charge is 2.19. The molecule has 1 aliphatic rings. The lowest BCUT2D eigenvalue weighted by Crippen LogP contribution is -2.07. The molecule has 0 bridgehead atoms. The number of hydrogen-bond acceptors (Lipinski definition) is 2. The van der Waals surface area contributed by atoms with Crippen LogP contribution in [0.3, 0.4) is 0 Å². The SMILES string of the molecule is Cc1ccc(F)c(C(O)CSC2CCCC2)c1. The second-order valence-electron chi connectivity index (χ2n) is 4.78. The smallest absolute Gasteiger partial charge is 0.129 e. The van der Waals surface area contributed by atoms with Gasteiger partial charge in [0.2, 0.25) is 0 Å². The highest BCUT2D eigenvalue weighted by atomic mass is 32.2. The van der Waals surface area contributed by atoms with Crippen LogP contribution in [0.2, 0.25) is 0 Å². The highest BCUT2D eigenvalue weighted by Crippen LogP contribution is 2.32. The first-order valence-corrected chi connectivity index (χ1v) is 7.27. The Morgan fingerprint density at radius 3 is 2.82 bits per heavy atom. The summed E-state index contributed by atoms with van der Waals surface area (Å²) >= 11 is 1.78. The van der Waals surface area contributed by atoms with Gasteiger partial charge >= 0.3 is 0 Å². The molecule has 94 valence electrons.